The van der Waals surface area contributed by atoms with Crippen molar-refractivity contribution in [1.29, 1.82) is 0 Å². The van der Waals surface area contributed by atoms with E-state index < -0.39 is 0 Å². The minimum absolute atomic E-state index is 0. The van der Waals surface area contributed by atoms with Crippen molar-refractivity contribution in [2.24, 2.45) is 10.8 Å². The number of benzene rings is 3. The van der Waals surface area contributed by atoms with Gasteiger partial charge in [-0.25, -0.2) is 0 Å². The molecule has 0 aliphatic rings. The van der Waals surface area contributed by atoms with Crippen LogP contribution < -0.4 is 0 Å². The molecule has 6 aromatic rings. The van der Waals surface area contributed by atoms with Crippen molar-refractivity contribution in [3.05, 3.63) is 90.5 Å². The minimum Gasteiger partial charge on any atom is -0.512 e. The van der Waals surface area contributed by atoms with Gasteiger partial charge in [0.2, 0.25) is 0 Å². The van der Waals surface area contributed by atoms with Crippen LogP contribution in [0.15, 0.2) is 83.3 Å². The second kappa shape index (κ2) is 14.7. The van der Waals surface area contributed by atoms with Gasteiger partial charge in [-0.05, 0) is 60.7 Å². The van der Waals surface area contributed by atoms with Gasteiger partial charge in [0.15, 0.2) is 5.78 Å². The third kappa shape index (κ3) is 7.04. The second-order valence-electron chi connectivity index (χ2n) is 14.2. The number of pyridine rings is 1. The molecule has 0 aliphatic carbocycles. The molecule has 3 heterocycles. The van der Waals surface area contributed by atoms with Gasteiger partial charge < -0.3 is 9.52 Å². The van der Waals surface area contributed by atoms with Crippen molar-refractivity contribution in [2.45, 2.75) is 93.4 Å². The Hall–Kier alpha value is -3.31. The fourth-order valence-electron chi connectivity index (χ4n) is 6.12. The van der Waals surface area contributed by atoms with Gasteiger partial charge in [-0.1, -0.05) is 91.5 Å². The van der Waals surface area contributed by atoms with Crippen molar-refractivity contribution >= 4 is 59.0 Å². The van der Waals surface area contributed by atoms with Crippen LogP contribution in [0.1, 0.15) is 93.6 Å². The van der Waals surface area contributed by atoms with Crippen molar-refractivity contribution < 1.29 is 34.4 Å². The molecule has 0 fully saturated rings. The number of ketones is 1. The number of aromatic nitrogens is 1. The summed E-state index contributed by atoms with van der Waals surface area (Å²) < 4.78 is 8.18. The normalized spacial score (nSPS) is 12.7. The number of hydrogen-bond donors (Lipinski definition) is 1. The number of allylic oxidation sites excluding steroid dienone is 2. The van der Waals surface area contributed by atoms with E-state index in [-0.39, 0.29) is 47.9 Å². The molecule has 48 heavy (non-hydrogen) atoms. The molecule has 0 spiro atoms. The second-order valence-corrected chi connectivity index (χ2v) is 15.3. The van der Waals surface area contributed by atoms with Crippen LogP contribution in [0, 0.1) is 16.9 Å². The van der Waals surface area contributed by atoms with Crippen molar-refractivity contribution in [1.82, 2.24) is 4.98 Å². The smallest absolute Gasteiger partial charge is 0.164 e. The van der Waals surface area contributed by atoms with Crippen molar-refractivity contribution in [2.75, 3.05) is 0 Å². The first-order valence-electron chi connectivity index (χ1n) is 16.9. The molecule has 0 unspecified atom stereocenters. The molecule has 0 atom stereocenters. The van der Waals surface area contributed by atoms with Crippen LogP contribution in [-0.4, -0.2) is 15.9 Å². The molecule has 4 nitrogen and oxygen atoms in total. The minimum atomic E-state index is -0.337. The van der Waals surface area contributed by atoms with Gasteiger partial charge in [0, 0.05) is 69.1 Å². The Kier molecular flexibility index (Phi) is 11.5. The van der Waals surface area contributed by atoms with Gasteiger partial charge in [0.1, 0.15) is 11.3 Å². The summed E-state index contributed by atoms with van der Waals surface area (Å²) in [5.41, 5.74) is 3.68. The number of thiophene rings is 1. The van der Waals surface area contributed by atoms with Gasteiger partial charge in [-0.15, -0.1) is 40.5 Å². The molecule has 3 aromatic carbocycles. The number of aliphatic hydroxyl groups is 1. The summed E-state index contributed by atoms with van der Waals surface area (Å²) in [6.07, 6.45) is 8.44. The molecule has 0 saturated carbocycles. The summed E-state index contributed by atoms with van der Waals surface area (Å²) >= 11 is 1.81. The van der Waals surface area contributed by atoms with Crippen molar-refractivity contribution in [3.63, 3.8) is 0 Å². The van der Waals surface area contributed by atoms with E-state index in [9.17, 15) is 9.90 Å². The molecular weight excluding hydrogens is 791 g/mol. The van der Waals surface area contributed by atoms with Crippen LogP contribution >= 0.6 is 11.3 Å². The molecule has 0 saturated heterocycles. The van der Waals surface area contributed by atoms with Gasteiger partial charge in [-0.2, -0.15) is 0 Å². The quantitative estimate of drug-likeness (QED) is 0.0942. The number of aliphatic hydroxyl groups excluding tert-OH is 1. The van der Waals surface area contributed by atoms with Crippen LogP contribution in [0.5, 0.6) is 0 Å². The maximum atomic E-state index is 12.2. The first-order valence-corrected chi connectivity index (χ1v) is 17.7. The third-order valence-corrected chi connectivity index (χ3v) is 11.5. The van der Waals surface area contributed by atoms with Crippen LogP contribution in [0.25, 0.3) is 53.2 Å². The predicted molar refractivity (Wildman–Crippen MR) is 200 cm³/mol. The number of hydrogen-bond acceptors (Lipinski definition) is 5. The van der Waals surface area contributed by atoms with E-state index in [4.69, 9.17) is 9.40 Å². The Balaban J connectivity index is 0.000000251. The zero-order chi connectivity index (χ0) is 34.1. The van der Waals surface area contributed by atoms with Gasteiger partial charge >= 0.3 is 0 Å². The molecule has 1 radical (unpaired) electrons. The maximum Gasteiger partial charge on any atom is 0.164 e. The van der Waals surface area contributed by atoms with E-state index in [2.05, 4.69) is 81.4 Å². The topological polar surface area (TPSA) is 63.3 Å². The van der Waals surface area contributed by atoms with E-state index >= 15 is 0 Å². The van der Waals surface area contributed by atoms with Crippen LogP contribution in [0.3, 0.4) is 0 Å². The van der Waals surface area contributed by atoms with Crippen LogP contribution in [0.2, 0.25) is 0 Å². The van der Waals surface area contributed by atoms with E-state index in [1.807, 2.05) is 47.7 Å². The van der Waals surface area contributed by atoms with Crippen LogP contribution in [0.4, 0.5) is 0 Å². The Morgan fingerprint density at radius 3 is 2.15 bits per heavy atom. The fourth-order valence-corrected chi connectivity index (χ4v) is 7.24. The molecule has 6 rings (SSSR count). The zero-order valence-electron chi connectivity index (χ0n) is 29.7. The predicted octanol–water partition coefficient (Wildman–Crippen LogP) is 12.8. The summed E-state index contributed by atoms with van der Waals surface area (Å²) in [6, 6.07) is 22.9. The summed E-state index contributed by atoms with van der Waals surface area (Å²) in [5, 5.41) is 16.1. The van der Waals surface area contributed by atoms with Crippen LogP contribution in [-0.2, 0) is 30.3 Å². The van der Waals surface area contributed by atoms with Gasteiger partial charge in [0.25, 0.3) is 0 Å². The van der Waals surface area contributed by atoms with Gasteiger partial charge in [0.05, 0.1) is 6.26 Å². The number of carbonyl (C=O) groups is 1. The Morgan fingerprint density at radius 2 is 1.50 bits per heavy atom. The van der Waals surface area contributed by atoms with E-state index in [1.54, 1.807) is 17.6 Å². The number of rotatable bonds is 8. The Bertz CT molecular complexity index is 2090. The summed E-state index contributed by atoms with van der Waals surface area (Å²) in [7, 11) is 0. The number of carbonyl (C=O) groups excluding carboxylic acids is 1. The fraction of sp³-hybridized carbons (Fsp3) is 0.381. The van der Waals surface area contributed by atoms with E-state index in [0.717, 1.165) is 53.3 Å². The monoisotopic (exact) mass is 839 g/mol. The summed E-state index contributed by atoms with van der Waals surface area (Å²) in [4.78, 5) is 17.0. The molecule has 0 amide bonds. The largest absolute Gasteiger partial charge is 0.512 e. The number of fused-ring (bicyclic) bond motifs is 6. The maximum absolute atomic E-state index is 12.2. The first-order chi connectivity index (χ1) is 22.3. The SMILES string of the molecule is CC(C)(C)c1cc(-c2nccc3sc4ccc5occc5c4c23)[c-]c2ccccc12.CCC(C)(CC)C(=O)/C=C(\O)C(C)(CC)CC.[Ir]. The standard InChI is InChI=1S/C27H20NOS.C15H28O2.Ir/c1-27(2,3)20-15-17(14-16-6-4-5-7-18(16)20)26-25-23(10-12-28-26)30-22-9-8-21-19(24(22)25)11-13-29-21;1-7-14(5,8-2)12(16)11-13(17)15(6,9-3)10-4;/h4-13,15H,1-3H3;11,16H,7-10H2,1-6H3;/q-1;;/b;12-11-;. The Morgan fingerprint density at radius 1 is 0.854 bits per heavy atom. The molecule has 255 valence electrons. The molecule has 6 heteroatoms. The number of nitrogens with zero attached hydrogens (tertiary/aromatic N) is 1. The van der Waals surface area contributed by atoms with Crippen molar-refractivity contribution in [3.8, 4) is 11.3 Å². The van der Waals surface area contributed by atoms with Gasteiger partial charge in [-0.3, -0.25) is 9.78 Å². The Labute approximate surface area is 303 Å². The average Bonchev–Trinajstić information content (AvgIpc) is 3.71. The summed E-state index contributed by atoms with van der Waals surface area (Å²) in [6.45, 7) is 18.9. The van der Waals surface area contributed by atoms with E-state index in [0.29, 0.717) is 0 Å². The van der Waals surface area contributed by atoms with E-state index in [1.165, 1.54) is 37.2 Å². The molecule has 0 bridgehead atoms. The summed E-state index contributed by atoms with van der Waals surface area (Å²) in [5.74, 6) is 0.286. The zero-order valence-corrected chi connectivity index (χ0v) is 32.9. The number of furan rings is 1. The molecule has 0 aliphatic heterocycles. The first kappa shape index (κ1) is 37.5. The average molecular weight is 839 g/mol. The third-order valence-electron chi connectivity index (χ3n) is 10.4. The molecule has 3 aromatic heterocycles. The molecule has 1 N–H and O–H groups in total. The molecular formula is C42H48IrNO3S-.